The Kier molecular flexibility index (Phi) is 5.75. The van der Waals surface area contributed by atoms with Gasteiger partial charge in [-0.1, -0.05) is 56.7 Å². The maximum atomic E-state index is 12.6. The van der Waals surface area contributed by atoms with Crippen LogP contribution in [0.5, 0.6) is 0 Å². The zero-order valence-electron chi connectivity index (χ0n) is 14.6. The molecule has 1 unspecified atom stereocenters. The van der Waals surface area contributed by atoms with Gasteiger partial charge in [0.15, 0.2) is 0 Å². The Labute approximate surface area is 142 Å². The Morgan fingerprint density at radius 3 is 2.12 bits per heavy atom. The van der Waals surface area contributed by atoms with Crippen molar-refractivity contribution in [2.45, 2.75) is 59.3 Å². The molecule has 1 aliphatic rings. The average Bonchev–Trinajstić information content (AvgIpc) is 2.84. The van der Waals surface area contributed by atoms with E-state index in [0.717, 1.165) is 25.7 Å². The second-order valence-electron chi connectivity index (χ2n) is 6.55. The van der Waals surface area contributed by atoms with Crippen molar-refractivity contribution in [1.82, 2.24) is 5.06 Å². The van der Waals surface area contributed by atoms with E-state index in [1.54, 1.807) is 24.3 Å². The maximum absolute atomic E-state index is 12.6. The van der Waals surface area contributed by atoms with E-state index in [0.29, 0.717) is 17.9 Å². The molecular formula is C19H25NO4. The van der Waals surface area contributed by atoms with E-state index in [1.807, 2.05) is 13.8 Å². The van der Waals surface area contributed by atoms with Crippen LogP contribution in [-0.2, 0) is 9.63 Å². The van der Waals surface area contributed by atoms with E-state index in [-0.39, 0.29) is 11.1 Å². The molecule has 0 N–H and O–H groups in total. The molecule has 0 bridgehead atoms. The lowest BCUT2D eigenvalue weighted by Crippen LogP contribution is -2.39. The Bertz CT molecular complexity index is 605. The minimum Gasteiger partial charge on any atom is -0.329 e. The van der Waals surface area contributed by atoms with Crippen LogP contribution in [0, 0.1) is 5.41 Å². The summed E-state index contributed by atoms with van der Waals surface area (Å²) in [5.41, 5.74) is -0.142. The van der Waals surface area contributed by atoms with Gasteiger partial charge in [-0.25, -0.2) is 4.79 Å². The Morgan fingerprint density at radius 2 is 1.62 bits per heavy atom. The van der Waals surface area contributed by atoms with E-state index < -0.39 is 23.2 Å². The number of amides is 2. The molecular weight excluding hydrogens is 306 g/mol. The molecule has 130 valence electrons. The van der Waals surface area contributed by atoms with Gasteiger partial charge >= 0.3 is 5.97 Å². The molecule has 1 atom stereocenters. The highest BCUT2D eigenvalue weighted by molar-refractivity contribution is 6.20. The monoisotopic (exact) mass is 331 g/mol. The fourth-order valence-corrected chi connectivity index (χ4v) is 2.81. The van der Waals surface area contributed by atoms with Gasteiger partial charge in [0.25, 0.3) is 11.8 Å². The fraction of sp³-hybridized carbons (Fsp3) is 0.526. The molecule has 24 heavy (non-hydrogen) atoms. The number of carbonyl (C=O) groups excluding carboxylic acids is 3. The Hall–Kier alpha value is -2.17. The van der Waals surface area contributed by atoms with E-state index >= 15 is 0 Å². The summed E-state index contributed by atoms with van der Waals surface area (Å²) in [6, 6.07) is 6.48. The number of nitrogens with zero attached hydrogens (tertiary/aromatic N) is 1. The lowest BCUT2D eigenvalue weighted by atomic mass is 9.82. The average molecular weight is 331 g/mol. The molecule has 5 heteroatoms. The summed E-state index contributed by atoms with van der Waals surface area (Å²) in [6.07, 6.45) is 5.53. The van der Waals surface area contributed by atoms with Crippen LogP contribution < -0.4 is 0 Å². The Morgan fingerprint density at radius 1 is 1.04 bits per heavy atom. The summed E-state index contributed by atoms with van der Waals surface area (Å²) in [7, 11) is 0. The Balaban J connectivity index is 2.06. The smallest absolute Gasteiger partial charge is 0.329 e. The number of unbranched alkanes of at least 4 members (excludes halogenated alkanes) is 3. The van der Waals surface area contributed by atoms with Crippen molar-refractivity contribution in [2.24, 2.45) is 5.41 Å². The van der Waals surface area contributed by atoms with Crippen LogP contribution in [0.4, 0.5) is 0 Å². The molecule has 2 rings (SSSR count). The zero-order chi connectivity index (χ0) is 17.7. The first kappa shape index (κ1) is 18.2. The second-order valence-corrected chi connectivity index (χ2v) is 6.55. The zero-order valence-corrected chi connectivity index (χ0v) is 14.6. The first-order valence-electron chi connectivity index (χ1n) is 8.64. The lowest BCUT2D eigenvalue weighted by Gasteiger charge is -2.27. The molecule has 0 spiro atoms. The minimum atomic E-state index is -0.691. The van der Waals surface area contributed by atoms with Gasteiger partial charge in [0, 0.05) is 0 Å². The van der Waals surface area contributed by atoms with Crippen molar-refractivity contribution in [1.29, 1.82) is 0 Å². The van der Waals surface area contributed by atoms with Crippen LogP contribution in [0.15, 0.2) is 24.3 Å². The van der Waals surface area contributed by atoms with Gasteiger partial charge in [-0.3, -0.25) is 9.59 Å². The molecule has 0 aromatic heterocycles. The third-order valence-corrected chi connectivity index (χ3v) is 4.79. The standard InChI is InChI=1S/C19H25NO4/c1-4-6-7-10-13-19(3,5-2)18(23)24-20-16(21)14-11-8-9-12-15(14)17(20)22/h8-9,11-12H,4-7,10,13H2,1-3H3. The molecule has 5 nitrogen and oxygen atoms in total. The van der Waals surface area contributed by atoms with Crippen LogP contribution >= 0.6 is 0 Å². The number of hydroxylamine groups is 2. The molecule has 0 saturated carbocycles. The van der Waals surface area contributed by atoms with E-state index in [1.165, 1.54) is 0 Å². The molecule has 0 saturated heterocycles. The molecule has 1 aromatic carbocycles. The molecule has 1 aliphatic heterocycles. The summed E-state index contributed by atoms with van der Waals surface area (Å²) in [5.74, 6) is -1.67. The first-order chi connectivity index (χ1) is 11.4. The third kappa shape index (κ3) is 3.50. The second kappa shape index (κ2) is 7.60. The van der Waals surface area contributed by atoms with Crippen LogP contribution in [0.2, 0.25) is 0 Å². The highest BCUT2D eigenvalue weighted by Crippen LogP contribution is 2.32. The largest absolute Gasteiger partial charge is 0.339 e. The van der Waals surface area contributed by atoms with Crippen molar-refractivity contribution in [3.05, 3.63) is 35.4 Å². The molecule has 0 aliphatic carbocycles. The summed E-state index contributed by atoms with van der Waals surface area (Å²) in [5, 5.41) is 0.604. The van der Waals surface area contributed by atoms with Crippen LogP contribution in [0.1, 0.15) is 80.0 Å². The lowest BCUT2D eigenvalue weighted by molar-refractivity contribution is -0.181. The molecule has 1 aromatic rings. The predicted octanol–water partition coefficient (Wildman–Crippen LogP) is 4.13. The molecule has 0 radical (unpaired) electrons. The number of hydrogen-bond donors (Lipinski definition) is 0. The number of imide groups is 1. The normalized spacial score (nSPS) is 16.0. The van der Waals surface area contributed by atoms with Crippen LogP contribution in [0.3, 0.4) is 0 Å². The number of benzene rings is 1. The van der Waals surface area contributed by atoms with E-state index in [9.17, 15) is 14.4 Å². The van der Waals surface area contributed by atoms with Gasteiger partial charge < -0.3 is 4.84 Å². The van der Waals surface area contributed by atoms with Gasteiger partial charge in [-0.2, -0.15) is 0 Å². The van der Waals surface area contributed by atoms with E-state index in [2.05, 4.69) is 6.92 Å². The third-order valence-electron chi connectivity index (χ3n) is 4.79. The van der Waals surface area contributed by atoms with Crippen molar-refractivity contribution in [3.63, 3.8) is 0 Å². The van der Waals surface area contributed by atoms with Gasteiger partial charge in [-0.05, 0) is 31.9 Å². The summed E-state index contributed by atoms with van der Waals surface area (Å²) in [4.78, 5) is 42.4. The first-order valence-corrected chi connectivity index (χ1v) is 8.64. The highest BCUT2D eigenvalue weighted by Gasteiger charge is 2.42. The summed E-state index contributed by atoms with van der Waals surface area (Å²) in [6.45, 7) is 5.89. The number of fused-ring (bicyclic) bond motifs is 1. The quantitative estimate of drug-likeness (QED) is 0.531. The minimum absolute atomic E-state index is 0.274. The molecule has 2 amide bonds. The topological polar surface area (TPSA) is 63.7 Å². The number of hydrogen-bond acceptors (Lipinski definition) is 4. The van der Waals surface area contributed by atoms with Gasteiger partial charge in [0.05, 0.1) is 16.5 Å². The van der Waals surface area contributed by atoms with Crippen LogP contribution in [-0.4, -0.2) is 22.8 Å². The molecule has 0 fully saturated rings. The van der Waals surface area contributed by atoms with Gasteiger partial charge in [0.2, 0.25) is 0 Å². The van der Waals surface area contributed by atoms with Crippen molar-refractivity contribution < 1.29 is 19.2 Å². The van der Waals surface area contributed by atoms with Gasteiger partial charge in [-0.15, -0.1) is 0 Å². The summed E-state index contributed by atoms with van der Waals surface area (Å²) >= 11 is 0. The predicted molar refractivity (Wildman–Crippen MR) is 90.2 cm³/mol. The molecule has 1 heterocycles. The number of rotatable bonds is 8. The van der Waals surface area contributed by atoms with Crippen LogP contribution in [0.25, 0.3) is 0 Å². The highest BCUT2D eigenvalue weighted by atomic mass is 16.7. The SMILES string of the molecule is CCCCCCC(C)(CC)C(=O)ON1C(=O)c2ccccc2C1=O. The van der Waals surface area contributed by atoms with Gasteiger partial charge in [0.1, 0.15) is 0 Å². The fourth-order valence-electron chi connectivity index (χ4n) is 2.81. The maximum Gasteiger partial charge on any atom is 0.339 e. The van der Waals surface area contributed by atoms with Crippen molar-refractivity contribution >= 4 is 17.8 Å². The number of carbonyl (C=O) groups is 3. The summed E-state index contributed by atoms with van der Waals surface area (Å²) < 4.78 is 0. The van der Waals surface area contributed by atoms with Crippen molar-refractivity contribution in [2.75, 3.05) is 0 Å². The van der Waals surface area contributed by atoms with Crippen molar-refractivity contribution in [3.8, 4) is 0 Å². The van der Waals surface area contributed by atoms with E-state index in [4.69, 9.17) is 4.84 Å².